The second-order valence-corrected chi connectivity index (χ2v) is 8.26. The van der Waals surface area contributed by atoms with E-state index in [-0.39, 0.29) is 5.69 Å². The maximum atomic E-state index is 11.4. The van der Waals surface area contributed by atoms with Crippen LogP contribution in [0.1, 0.15) is 11.1 Å². The van der Waals surface area contributed by atoms with Crippen LogP contribution in [0.3, 0.4) is 0 Å². The number of para-hydroxylation sites is 1. The molecule has 150 valence electrons. The summed E-state index contributed by atoms with van der Waals surface area (Å²) in [6.07, 6.45) is 1.97. The lowest BCUT2D eigenvalue weighted by Gasteiger charge is -2.41. The van der Waals surface area contributed by atoms with Crippen LogP contribution in [-0.4, -0.2) is 24.1 Å². The Morgan fingerprint density at radius 1 is 1.10 bits per heavy atom. The van der Waals surface area contributed by atoms with Crippen molar-refractivity contribution in [2.75, 3.05) is 19.1 Å². The quantitative estimate of drug-likeness (QED) is 0.417. The SMILES string of the molecule is COc1cc([N+](=O)[O-])cc2c1OC1(Sc3ccccc3N1C)C(c1ccccc1)=C2. The van der Waals surface area contributed by atoms with Gasteiger partial charge in [0.1, 0.15) is 0 Å². The molecule has 7 heteroatoms. The normalized spacial score (nSPS) is 19.0. The van der Waals surface area contributed by atoms with Gasteiger partial charge in [-0.05, 0) is 35.5 Å². The predicted octanol–water partition coefficient (Wildman–Crippen LogP) is 5.43. The first-order valence-electron chi connectivity index (χ1n) is 9.38. The topological polar surface area (TPSA) is 64.8 Å². The van der Waals surface area contributed by atoms with Gasteiger partial charge in [0, 0.05) is 29.1 Å². The summed E-state index contributed by atoms with van der Waals surface area (Å²) in [5, 5.41) is 10.6. The number of likely N-dealkylation sites (N-methyl/N-ethyl adjacent to an activating group) is 1. The van der Waals surface area contributed by atoms with Crippen LogP contribution in [0.25, 0.3) is 11.6 Å². The molecule has 0 bridgehead atoms. The molecule has 1 unspecified atom stereocenters. The number of fused-ring (bicyclic) bond motifs is 2. The van der Waals surface area contributed by atoms with Crippen molar-refractivity contribution in [1.82, 2.24) is 0 Å². The summed E-state index contributed by atoms with van der Waals surface area (Å²) in [7, 11) is 3.49. The van der Waals surface area contributed by atoms with Gasteiger partial charge in [-0.25, -0.2) is 0 Å². The molecule has 0 saturated heterocycles. The third-order valence-electron chi connectivity index (χ3n) is 5.38. The number of non-ortho nitro benzene ring substituents is 1. The summed E-state index contributed by atoms with van der Waals surface area (Å²) in [5.74, 6) is 0.835. The summed E-state index contributed by atoms with van der Waals surface area (Å²) < 4.78 is 12.1. The molecule has 1 spiro atoms. The molecule has 6 nitrogen and oxygen atoms in total. The number of benzene rings is 3. The molecule has 1 atom stereocenters. The fourth-order valence-electron chi connectivity index (χ4n) is 3.93. The molecule has 3 aromatic carbocycles. The van der Waals surface area contributed by atoms with E-state index in [0.29, 0.717) is 17.1 Å². The Balaban J connectivity index is 1.77. The van der Waals surface area contributed by atoms with Gasteiger partial charge < -0.3 is 14.4 Å². The molecular formula is C23H18N2O4S. The molecule has 0 amide bonds. The number of nitro benzene ring substituents is 1. The zero-order valence-corrected chi connectivity index (χ0v) is 17.2. The first-order valence-corrected chi connectivity index (χ1v) is 10.2. The molecule has 2 aliphatic heterocycles. The molecule has 0 fully saturated rings. The van der Waals surface area contributed by atoms with Gasteiger partial charge in [0.25, 0.3) is 10.7 Å². The summed E-state index contributed by atoms with van der Waals surface area (Å²) in [4.78, 5) is 14.2. The van der Waals surface area contributed by atoms with E-state index in [1.807, 2.05) is 55.6 Å². The van der Waals surface area contributed by atoms with Crippen LogP contribution in [0.2, 0.25) is 0 Å². The molecule has 2 aliphatic rings. The zero-order valence-electron chi connectivity index (χ0n) is 16.4. The van der Waals surface area contributed by atoms with E-state index in [0.717, 1.165) is 21.7 Å². The average Bonchev–Trinajstić information content (AvgIpc) is 3.05. The fourth-order valence-corrected chi connectivity index (χ4v) is 5.33. The van der Waals surface area contributed by atoms with Gasteiger partial charge in [-0.3, -0.25) is 10.1 Å². The second kappa shape index (κ2) is 6.81. The number of nitro groups is 1. The Kier molecular flexibility index (Phi) is 4.22. The summed E-state index contributed by atoms with van der Waals surface area (Å²) in [6, 6.07) is 21.0. The van der Waals surface area contributed by atoms with Crippen molar-refractivity contribution in [3.8, 4) is 11.5 Å². The van der Waals surface area contributed by atoms with E-state index in [4.69, 9.17) is 9.47 Å². The largest absolute Gasteiger partial charge is 0.493 e. The highest BCUT2D eigenvalue weighted by molar-refractivity contribution is 8.01. The van der Waals surface area contributed by atoms with Crippen molar-refractivity contribution in [1.29, 1.82) is 0 Å². The van der Waals surface area contributed by atoms with Gasteiger partial charge in [0.2, 0.25) is 0 Å². The van der Waals surface area contributed by atoms with Gasteiger partial charge >= 0.3 is 0 Å². The molecule has 3 aromatic rings. The fraction of sp³-hybridized carbons (Fsp3) is 0.130. The van der Waals surface area contributed by atoms with Crippen molar-refractivity contribution >= 4 is 34.8 Å². The number of hydrogen-bond donors (Lipinski definition) is 0. The summed E-state index contributed by atoms with van der Waals surface area (Å²) in [5.41, 5.74) is 3.55. The van der Waals surface area contributed by atoms with E-state index < -0.39 is 9.98 Å². The van der Waals surface area contributed by atoms with Gasteiger partial charge in [0.05, 0.1) is 23.8 Å². The first-order chi connectivity index (χ1) is 14.5. The molecule has 2 heterocycles. The highest BCUT2D eigenvalue weighted by atomic mass is 32.2. The van der Waals surface area contributed by atoms with E-state index in [2.05, 4.69) is 17.0 Å². The Hall–Kier alpha value is -3.45. The van der Waals surface area contributed by atoms with Crippen molar-refractivity contribution in [3.05, 3.63) is 88.0 Å². The maximum absolute atomic E-state index is 11.4. The van der Waals surface area contributed by atoms with Crippen LogP contribution in [0.5, 0.6) is 11.5 Å². The van der Waals surface area contributed by atoms with Crippen LogP contribution in [-0.2, 0) is 0 Å². The monoisotopic (exact) mass is 418 g/mol. The number of methoxy groups -OCH3 is 1. The van der Waals surface area contributed by atoms with Crippen LogP contribution in [0.15, 0.2) is 71.6 Å². The van der Waals surface area contributed by atoms with Crippen molar-refractivity contribution < 1.29 is 14.4 Å². The minimum atomic E-state index is -0.860. The van der Waals surface area contributed by atoms with Crippen molar-refractivity contribution in [2.45, 2.75) is 9.95 Å². The zero-order chi connectivity index (χ0) is 20.9. The van der Waals surface area contributed by atoms with Gasteiger partial charge in [-0.2, -0.15) is 0 Å². The Labute approximate surface area is 177 Å². The van der Waals surface area contributed by atoms with E-state index in [9.17, 15) is 10.1 Å². The second-order valence-electron chi connectivity index (χ2n) is 7.06. The lowest BCUT2D eigenvalue weighted by Crippen LogP contribution is -2.48. The summed E-state index contributed by atoms with van der Waals surface area (Å²) >= 11 is 1.61. The van der Waals surface area contributed by atoms with Gasteiger partial charge in [-0.15, -0.1) is 0 Å². The molecular weight excluding hydrogens is 400 g/mol. The number of rotatable bonds is 3. The highest BCUT2D eigenvalue weighted by Crippen LogP contribution is 2.59. The van der Waals surface area contributed by atoms with Crippen LogP contribution in [0, 0.1) is 10.1 Å². The van der Waals surface area contributed by atoms with E-state index in [1.165, 1.54) is 19.2 Å². The minimum absolute atomic E-state index is 0.0375. The molecule has 5 rings (SSSR count). The first kappa shape index (κ1) is 18.6. The average molecular weight is 418 g/mol. The van der Waals surface area contributed by atoms with Crippen molar-refractivity contribution in [2.24, 2.45) is 0 Å². The molecule has 0 aromatic heterocycles. The smallest absolute Gasteiger partial charge is 0.274 e. The van der Waals surface area contributed by atoms with Crippen LogP contribution in [0.4, 0.5) is 11.4 Å². The van der Waals surface area contributed by atoms with Gasteiger partial charge in [0.15, 0.2) is 11.5 Å². The number of hydrogen-bond acceptors (Lipinski definition) is 6. The highest BCUT2D eigenvalue weighted by Gasteiger charge is 2.51. The van der Waals surface area contributed by atoms with Crippen LogP contribution >= 0.6 is 11.8 Å². The van der Waals surface area contributed by atoms with Gasteiger partial charge in [-0.1, -0.05) is 42.5 Å². The number of anilines is 1. The Morgan fingerprint density at radius 2 is 1.83 bits per heavy atom. The predicted molar refractivity (Wildman–Crippen MR) is 118 cm³/mol. The third kappa shape index (κ3) is 2.66. The molecule has 0 saturated carbocycles. The lowest BCUT2D eigenvalue weighted by atomic mass is 9.96. The maximum Gasteiger partial charge on any atom is 0.274 e. The molecule has 30 heavy (non-hydrogen) atoms. The van der Waals surface area contributed by atoms with Crippen molar-refractivity contribution in [3.63, 3.8) is 0 Å². The van der Waals surface area contributed by atoms with Crippen LogP contribution < -0.4 is 14.4 Å². The number of ether oxygens (including phenoxy) is 2. The molecule has 0 radical (unpaired) electrons. The Bertz CT molecular complexity index is 1200. The molecule has 0 aliphatic carbocycles. The Morgan fingerprint density at radius 3 is 2.53 bits per heavy atom. The third-order valence-corrected chi connectivity index (χ3v) is 6.80. The summed E-state index contributed by atoms with van der Waals surface area (Å²) in [6.45, 7) is 0. The van der Waals surface area contributed by atoms with E-state index in [1.54, 1.807) is 11.8 Å². The molecule has 0 N–H and O–H groups in total. The number of thioether (sulfide) groups is 1. The van der Waals surface area contributed by atoms with E-state index >= 15 is 0 Å². The standard InChI is InChI=1S/C23H18N2O4S/c1-24-19-10-6-7-11-21(19)30-23(24)18(15-8-4-3-5-9-15)13-16-12-17(25(26)27)14-20(28-2)22(16)29-23/h3-14H,1-2H3. The minimum Gasteiger partial charge on any atom is -0.493 e. The number of nitrogens with zero attached hydrogens (tertiary/aromatic N) is 2. The lowest BCUT2D eigenvalue weighted by molar-refractivity contribution is -0.385.